The van der Waals surface area contributed by atoms with Crippen LogP contribution in [0.3, 0.4) is 0 Å². The van der Waals surface area contributed by atoms with Crippen LogP contribution in [0, 0.1) is 6.92 Å². The Kier molecular flexibility index (Phi) is 2.44. The Morgan fingerprint density at radius 1 is 1.47 bits per heavy atom. The van der Waals surface area contributed by atoms with Crippen LogP contribution < -0.4 is 10.9 Å². The van der Waals surface area contributed by atoms with Crippen molar-refractivity contribution in [2.75, 3.05) is 13.1 Å². The van der Waals surface area contributed by atoms with Crippen molar-refractivity contribution in [1.82, 2.24) is 24.9 Å². The van der Waals surface area contributed by atoms with E-state index in [4.69, 9.17) is 0 Å². The van der Waals surface area contributed by atoms with E-state index < -0.39 is 0 Å². The summed E-state index contributed by atoms with van der Waals surface area (Å²) in [6.45, 7) is 3.78. The monoisotopic (exact) mass is 233 g/mol. The molecule has 3 rings (SSSR count). The lowest BCUT2D eigenvalue weighted by Gasteiger charge is -2.20. The molecule has 0 radical (unpaired) electrons. The minimum Gasteiger partial charge on any atom is -0.316 e. The van der Waals surface area contributed by atoms with Crippen LogP contribution in [0.4, 0.5) is 0 Å². The van der Waals surface area contributed by atoms with Crippen LogP contribution in [0.15, 0.2) is 10.9 Å². The summed E-state index contributed by atoms with van der Waals surface area (Å²) in [5.41, 5.74) is 0.602. The molecule has 0 aromatic carbocycles. The minimum absolute atomic E-state index is 0.102. The fourth-order valence-electron chi connectivity index (χ4n) is 2.28. The molecule has 3 heterocycles. The van der Waals surface area contributed by atoms with Crippen LogP contribution in [0.5, 0.6) is 0 Å². The maximum absolute atomic E-state index is 11.7. The molecule has 6 heteroatoms. The Morgan fingerprint density at radius 3 is 3.12 bits per heavy atom. The van der Waals surface area contributed by atoms with E-state index in [1.54, 1.807) is 6.92 Å². The van der Waals surface area contributed by atoms with Crippen molar-refractivity contribution in [1.29, 1.82) is 0 Å². The molecule has 1 saturated heterocycles. The topological polar surface area (TPSA) is 75.1 Å². The summed E-state index contributed by atoms with van der Waals surface area (Å²) < 4.78 is 1.41. The van der Waals surface area contributed by atoms with Gasteiger partial charge in [0, 0.05) is 24.2 Å². The fourth-order valence-corrected chi connectivity index (χ4v) is 2.28. The number of piperidine rings is 1. The van der Waals surface area contributed by atoms with E-state index in [-0.39, 0.29) is 5.56 Å². The first kappa shape index (κ1) is 10.5. The second kappa shape index (κ2) is 3.96. The van der Waals surface area contributed by atoms with E-state index in [1.165, 1.54) is 10.6 Å². The number of nitrogens with one attached hydrogen (secondary N) is 2. The summed E-state index contributed by atoms with van der Waals surface area (Å²) >= 11 is 0. The van der Waals surface area contributed by atoms with E-state index in [9.17, 15) is 4.79 Å². The van der Waals surface area contributed by atoms with Crippen LogP contribution in [0.25, 0.3) is 5.78 Å². The predicted molar refractivity (Wildman–Crippen MR) is 63.2 cm³/mol. The van der Waals surface area contributed by atoms with Gasteiger partial charge < -0.3 is 5.32 Å². The highest BCUT2D eigenvalue weighted by atomic mass is 16.1. The highest BCUT2D eigenvalue weighted by Gasteiger charge is 2.19. The number of H-pyrrole nitrogens is 1. The Labute approximate surface area is 98.1 Å². The Morgan fingerprint density at radius 2 is 2.35 bits per heavy atom. The number of hydrogen-bond donors (Lipinski definition) is 2. The third-order valence-corrected chi connectivity index (χ3v) is 3.16. The van der Waals surface area contributed by atoms with Gasteiger partial charge in [-0.3, -0.25) is 9.89 Å². The molecule has 0 bridgehead atoms. The van der Waals surface area contributed by atoms with Crippen LogP contribution in [-0.2, 0) is 0 Å². The standard InChI is InChI=1S/C11H15N5O/c1-7-5-9(17)16-11(13-7)14-10(15-16)8-3-2-4-12-6-8/h5,8,12H,2-4,6H2,1H3,(H,13,14,15). The molecule has 0 spiro atoms. The van der Waals surface area contributed by atoms with Crippen molar-refractivity contribution in [3.8, 4) is 0 Å². The molecule has 1 atom stereocenters. The van der Waals surface area contributed by atoms with Gasteiger partial charge in [0.2, 0.25) is 0 Å². The first-order valence-corrected chi connectivity index (χ1v) is 5.91. The number of aromatic nitrogens is 4. The molecule has 1 fully saturated rings. The number of nitrogens with zero attached hydrogens (tertiary/aromatic N) is 3. The van der Waals surface area contributed by atoms with Gasteiger partial charge >= 0.3 is 0 Å². The van der Waals surface area contributed by atoms with Crippen LogP contribution in [-0.4, -0.2) is 32.7 Å². The maximum atomic E-state index is 11.7. The SMILES string of the molecule is Cc1cc(=O)n2[nH]c(C3CCCNC3)nc2n1. The third kappa shape index (κ3) is 1.84. The highest BCUT2D eigenvalue weighted by molar-refractivity contribution is 5.28. The minimum atomic E-state index is -0.102. The number of fused-ring (bicyclic) bond motifs is 1. The van der Waals surface area contributed by atoms with Gasteiger partial charge in [0.05, 0.1) is 0 Å². The van der Waals surface area contributed by atoms with E-state index in [0.29, 0.717) is 17.4 Å². The van der Waals surface area contributed by atoms with E-state index in [1.807, 2.05) is 0 Å². The molecule has 0 amide bonds. The van der Waals surface area contributed by atoms with Crippen molar-refractivity contribution in [2.24, 2.45) is 0 Å². The van der Waals surface area contributed by atoms with Crippen molar-refractivity contribution in [3.05, 3.63) is 27.9 Å². The number of aryl methyl sites for hydroxylation is 1. The molecular weight excluding hydrogens is 218 g/mol. The van der Waals surface area contributed by atoms with E-state index in [0.717, 1.165) is 31.8 Å². The Balaban J connectivity index is 2.06. The average Bonchev–Trinajstić information content (AvgIpc) is 2.74. The smallest absolute Gasteiger partial charge is 0.274 e. The zero-order chi connectivity index (χ0) is 11.8. The zero-order valence-electron chi connectivity index (χ0n) is 9.73. The lowest BCUT2D eigenvalue weighted by molar-refractivity contribution is 0.446. The van der Waals surface area contributed by atoms with E-state index in [2.05, 4.69) is 20.4 Å². The van der Waals surface area contributed by atoms with Crippen molar-refractivity contribution in [3.63, 3.8) is 0 Å². The van der Waals surface area contributed by atoms with Gasteiger partial charge in [-0.25, -0.2) is 4.98 Å². The van der Waals surface area contributed by atoms with Gasteiger partial charge in [-0.05, 0) is 26.3 Å². The predicted octanol–water partition coefficient (Wildman–Crippen LogP) is 0.193. The van der Waals surface area contributed by atoms with Gasteiger partial charge in [0.15, 0.2) is 0 Å². The highest BCUT2D eigenvalue weighted by Crippen LogP contribution is 2.19. The van der Waals surface area contributed by atoms with Crippen LogP contribution in [0.2, 0.25) is 0 Å². The molecule has 2 aromatic heterocycles. The second-order valence-electron chi connectivity index (χ2n) is 4.52. The lowest BCUT2D eigenvalue weighted by Crippen LogP contribution is -2.29. The van der Waals surface area contributed by atoms with Gasteiger partial charge in [-0.15, -0.1) is 0 Å². The van der Waals surface area contributed by atoms with Crippen molar-refractivity contribution < 1.29 is 0 Å². The molecule has 1 aliphatic rings. The first-order chi connectivity index (χ1) is 8.24. The van der Waals surface area contributed by atoms with Crippen molar-refractivity contribution in [2.45, 2.75) is 25.7 Å². The summed E-state index contributed by atoms with van der Waals surface area (Å²) in [6.07, 6.45) is 2.24. The molecule has 1 unspecified atom stereocenters. The summed E-state index contributed by atoms with van der Waals surface area (Å²) in [7, 11) is 0. The van der Waals surface area contributed by atoms with Gasteiger partial charge in [0.1, 0.15) is 5.82 Å². The molecule has 0 saturated carbocycles. The van der Waals surface area contributed by atoms with Crippen molar-refractivity contribution >= 4 is 5.78 Å². The van der Waals surface area contributed by atoms with Crippen LogP contribution >= 0.6 is 0 Å². The molecule has 0 aliphatic carbocycles. The first-order valence-electron chi connectivity index (χ1n) is 5.91. The molecule has 6 nitrogen and oxygen atoms in total. The summed E-state index contributed by atoms with van der Waals surface area (Å²) in [5, 5.41) is 6.39. The van der Waals surface area contributed by atoms with Gasteiger partial charge in [-0.2, -0.15) is 9.50 Å². The molecular formula is C11H15N5O. The number of hydrogen-bond acceptors (Lipinski definition) is 4. The second-order valence-corrected chi connectivity index (χ2v) is 4.52. The normalized spacial score (nSPS) is 20.9. The summed E-state index contributed by atoms with van der Waals surface area (Å²) in [4.78, 5) is 20.4. The maximum Gasteiger partial charge on any atom is 0.274 e. The molecule has 90 valence electrons. The average molecular weight is 233 g/mol. The van der Waals surface area contributed by atoms with Gasteiger partial charge in [-0.1, -0.05) is 0 Å². The lowest BCUT2D eigenvalue weighted by atomic mass is 9.99. The largest absolute Gasteiger partial charge is 0.316 e. The Bertz CT molecular complexity index is 593. The molecule has 17 heavy (non-hydrogen) atoms. The van der Waals surface area contributed by atoms with Crippen LogP contribution in [0.1, 0.15) is 30.3 Å². The molecule has 1 aliphatic heterocycles. The fraction of sp³-hybridized carbons (Fsp3) is 0.545. The number of aromatic amines is 1. The number of rotatable bonds is 1. The summed E-state index contributed by atoms with van der Waals surface area (Å²) in [6, 6.07) is 1.51. The molecule has 2 N–H and O–H groups in total. The summed E-state index contributed by atoms with van der Waals surface area (Å²) in [5.74, 6) is 1.67. The third-order valence-electron chi connectivity index (χ3n) is 3.16. The Hall–Kier alpha value is -1.69. The molecule has 2 aromatic rings. The zero-order valence-corrected chi connectivity index (χ0v) is 9.73. The van der Waals surface area contributed by atoms with E-state index >= 15 is 0 Å². The van der Waals surface area contributed by atoms with Gasteiger partial charge in [0.25, 0.3) is 11.3 Å². The quantitative estimate of drug-likeness (QED) is 0.737.